The zero-order chi connectivity index (χ0) is 16.5. The predicted octanol–water partition coefficient (Wildman–Crippen LogP) is 4.19. The number of hydrogen-bond acceptors (Lipinski definition) is 4. The molecular formula is C16H32O4S2. The van der Waals surface area contributed by atoms with Crippen molar-refractivity contribution >= 4 is 26.2 Å². The van der Waals surface area contributed by atoms with Gasteiger partial charge in [-0.15, -0.1) is 10.3 Å². The van der Waals surface area contributed by atoms with Gasteiger partial charge in [0.2, 0.25) is 0 Å². The van der Waals surface area contributed by atoms with Gasteiger partial charge < -0.3 is 0 Å². The van der Waals surface area contributed by atoms with E-state index in [0.29, 0.717) is 18.6 Å². The number of unbranched alkanes of at least 4 members (excludes halogenated alkanes) is 3. The topological polar surface area (TPSA) is 60.4 Å². The van der Waals surface area contributed by atoms with E-state index in [-0.39, 0.29) is 11.5 Å². The average molecular weight is 353 g/mol. The number of rotatable bonds is 11. The molecule has 0 atom stereocenters. The van der Waals surface area contributed by atoms with Crippen LogP contribution in [0.2, 0.25) is 0 Å². The Morgan fingerprint density at radius 2 is 1.64 bits per heavy atom. The van der Waals surface area contributed by atoms with Crippen LogP contribution in [0.3, 0.4) is 0 Å². The molecule has 1 aliphatic rings. The van der Waals surface area contributed by atoms with E-state index in [0.717, 1.165) is 56.5 Å². The maximum absolute atomic E-state index is 12.2. The third-order valence-corrected chi connectivity index (χ3v) is 9.70. The standard InChI is InChI=1S/C16H32O4S2/c1-3-5-8-11-16(17)15-21(12-9-7-10-13-21)20-22(18,19)14-6-4-2/h3-15H2,1-2H3. The Kier molecular flexibility index (Phi) is 9.02. The molecule has 0 unspecified atom stereocenters. The first-order valence-electron chi connectivity index (χ1n) is 8.65. The van der Waals surface area contributed by atoms with Crippen molar-refractivity contribution in [3.63, 3.8) is 0 Å². The van der Waals surface area contributed by atoms with Crippen LogP contribution in [0, 0.1) is 0 Å². The summed E-state index contributed by atoms with van der Waals surface area (Å²) < 4.78 is 30.1. The van der Waals surface area contributed by atoms with Crippen LogP contribution in [-0.2, 0) is 18.5 Å². The van der Waals surface area contributed by atoms with Crippen molar-refractivity contribution in [3.05, 3.63) is 0 Å². The van der Waals surface area contributed by atoms with Gasteiger partial charge in [0.05, 0.1) is 11.5 Å². The molecule has 0 aromatic carbocycles. The minimum atomic E-state index is -3.49. The normalized spacial score (nSPS) is 19.7. The number of hydrogen-bond donors (Lipinski definition) is 0. The Morgan fingerprint density at radius 1 is 1.00 bits per heavy atom. The van der Waals surface area contributed by atoms with Crippen molar-refractivity contribution in [2.75, 3.05) is 23.0 Å². The first kappa shape index (κ1) is 20.0. The lowest BCUT2D eigenvalue weighted by Gasteiger charge is -2.40. The Morgan fingerprint density at radius 3 is 2.23 bits per heavy atom. The van der Waals surface area contributed by atoms with Crippen LogP contribution in [0.5, 0.6) is 0 Å². The van der Waals surface area contributed by atoms with Crippen molar-refractivity contribution in [3.8, 4) is 0 Å². The van der Waals surface area contributed by atoms with E-state index in [1.165, 1.54) is 0 Å². The fourth-order valence-electron chi connectivity index (χ4n) is 2.76. The summed E-state index contributed by atoms with van der Waals surface area (Å²) in [6.07, 6.45) is 8.19. The lowest BCUT2D eigenvalue weighted by atomic mass is 10.2. The lowest BCUT2D eigenvalue weighted by molar-refractivity contribution is -0.116. The highest BCUT2D eigenvalue weighted by Gasteiger charge is 2.34. The van der Waals surface area contributed by atoms with Crippen molar-refractivity contribution in [2.45, 2.75) is 71.6 Å². The van der Waals surface area contributed by atoms with Gasteiger partial charge >= 0.3 is 0 Å². The van der Waals surface area contributed by atoms with Gasteiger partial charge in [-0.1, -0.05) is 39.5 Å². The monoisotopic (exact) mass is 352 g/mol. The van der Waals surface area contributed by atoms with Crippen LogP contribution in [0.4, 0.5) is 0 Å². The van der Waals surface area contributed by atoms with E-state index < -0.39 is 20.4 Å². The third-order valence-electron chi connectivity index (χ3n) is 4.01. The molecule has 4 nitrogen and oxygen atoms in total. The third kappa shape index (κ3) is 7.47. The molecule has 0 amide bonds. The van der Waals surface area contributed by atoms with Crippen LogP contribution in [0.25, 0.3) is 0 Å². The SMILES string of the molecule is CCCCCC(=O)CS1(OS(=O)(=O)CCCC)CCCCC1. The van der Waals surface area contributed by atoms with Crippen LogP contribution in [0.15, 0.2) is 0 Å². The first-order chi connectivity index (χ1) is 10.4. The second-order valence-corrected chi connectivity index (χ2v) is 11.4. The van der Waals surface area contributed by atoms with Crippen LogP contribution >= 0.6 is 10.3 Å². The summed E-state index contributed by atoms with van der Waals surface area (Å²) in [6.45, 7) is 4.08. The zero-order valence-electron chi connectivity index (χ0n) is 14.1. The van der Waals surface area contributed by atoms with E-state index in [2.05, 4.69) is 6.92 Å². The molecule has 0 spiro atoms. The molecule has 22 heavy (non-hydrogen) atoms. The maximum atomic E-state index is 12.2. The van der Waals surface area contributed by atoms with Gasteiger partial charge in [0.1, 0.15) is 5.78 Å². The molecule has 0 aliphatic carbocycles. The van der Waals surface area contributed by atoms with Gasteiger partial charge in [0.25, 0.3) is 10.1 Å². The van der Waals surface area contributed by atoms with E-state index in [4.69, 9.17) is 3.63 Å². The molecular weight excluding hydrogens is 320 g/mol. The smallest absolute Gasteiger partial charge is 0.276 e. The number of carbonyl (C=O) groups is 1. The molecule has 0 aromatic rings. The van der Waals surface area contributed by atoms with E-state index >= 15 is 0 Å². The molecule has 0 aromatic heterocycles. The Balaban J connectivity index is 2.67. The van der Waals surface area contributed by atoms with Crippen LogP contribution in [0.1, 0.15) is 71.6 Å². The van der Waals surface area contributed by atoms with Gasteiger partial charge in [-0.25, -0.2) is 3.63 Å². The first-order valence-corrected chi connectivity index (χ1v) is 12.3. The quantitative estimate of drug-likeness (QED) is 0.523. The van der Waals surface area contributed by atoms with Crippen LogP contribution in [-0.4, -0.2) is 37.2 Å². The fourth-order valence-corrected chi connectivity index (χ4v) is 8.85. The average Bonchev–Trinajstić information content (AvgIpc) is 2.45. The molecule has 0 N–H and O–H groups in total. The van der Waals surface area contributed by atoms with E-state index in [1.54, 1.807) is 0 Å². The molecule has 0 radical (unpaired) electrons. The second-order valence-electron chi connectivity index (χ2n) is 6.26. The molecule has 1 aliphatic heterocycles. The van der Waals surface area contributed by atoms with Gasteiger partial charge in [-0.05, 0) is 25.7 Å². The zero-order valence-corrected chi connectivity index (χ0v) is 15.8. The molecule has 1 fully saturated rings. The highest BCUT2D eigenvalue weighted by atomic mass is 32.3. The van der Waals surface area contributed by atoms with Crippen LogP contribution < -0.4 is 0 Å². The van der Waals surface area contributed by atoms with Gasteiger partial charge in [-0.2, -0.15) is 8.42 Å². The largest absolute Gasteiger partial charge is 0.299 e. The Bertz CT molecular complexity index is 425. The van der Waals surface area contributed by atoms with Gasteiger partial charge in [0.15, 0.2) is 0 Å². The lowest BCUT2D eigenvalue weighted by Crippen LogP contribution is -2.28. The summed E-state index contributed by atoms with van der Waals surface area (Å²) in [6, 6.07) is 0. The summed E-state index contributed by atoms with van der Waals surface area (Å²) in [5, 5.41) is 0. The van der Waals surface area contributed by atoms with E-state index in [9.17, 15) is 13.2 Å². The molecule has 1 saturated heterocycles. The molecule has 0 saturated carbocycles. The number of carbonyl (C=O) groups excluding carboxylic acids is 1. The number of ketones is 1. The predicted molar refractivity (Wildman–Crippen MR) is 95.0 cm³/mol. The van der Waals surface area contributed by atoms with Crippen molar-refractivity contribution in [2.24, 2.45) is 0 Å². The number of Topliss-reactive ketones (excluding diaryl/α,β-unsaturated/α-hetero) is 1. The Labute approximate surface area is 138 Å². The summed E-state index contributed by atoms with van der Waals surface area (Å²) >= 11 is 0. The van der Waals surface area contributed by atoms with Crippen molar-refractivity contribution in [1.29, 1.82) is 0 Å². The molecule has 1 rings (SSSR count). The van der Waals surface area contributed by atoms with Gasteiger partial charge in [-0.3, -0.25) is 4.79 Å². The summed E-state index contributed by atoms with van der Waals surface area (Å²) in [4.78, 5) is 12.2. The fraction of sp³-hybridized carbons (Fsp3) is 0.938. The summed E-state index contributed by atoms with van der Waals surface area (Å²) in [5.74, 6) is 2.18. The highest BCUT2D eigenvalue weighted by Crippen LogP contribution is 2.54. The minimum Gasteiger partial charge on any atom is -0.299 e. The second kappa shape index (κ2) is 9.93. The Hall–Kier alpha value is -0.0700. The van der Waals surface area contributed by atoms with Gasteiger partial charge in [0, 0.05) is 17.9 Å². The highest BCUT2D eigenvalue weighted by molar-refractivity contribution is 8.33. The van der Waals surface area contributed by atoms with Crippen molar-refractivity contribution < 1.29 is 16.8 Å². The van der Waals surface area contributed by atoms with Crippen molar-refractivity contribution in [1.82, 2.24) is 0 Å². The summed E-state index contributed by atoms with van der Waals surface area (Å²) in [7, 11) is -5.25. The molecule has 1 heterocycles. The molecule has 6 heteroatoms. The minimum absolute atomic E-state index is 0.0856. The maximum Gasteiger partial charge on any atom is 0.276 e. The summed E-state index contributed by atoms with van der Waals surface area (Å²) in [5.41, 5.74) is 0. The molecule has 132 valence electrons. The van der Waals surface area contributed by atoms with E-state index in [1.807, 2.05) is 6.92 Å². The molecule has 0 bridgehead atoms.